The number of hydrogen-bond donors (Lipinski definition) is 1. The summed E-state index contributed by atoms with van der Waals surface area (Å²) < 4.78 is 34.0. The van der Waals surface area contributed by atoms with E-state index in [0.717, 1.165) is 5.56 Å². The molecule has 4 rings (SSSR count). The lowest BCUT2D eigenvalue weighted by Gasteiger charge is -2.28. The largest absolute Gasteiger partial charge is 0.482 e. The number of dihydropyridines is 1. The number of nitrogen functional groups attached to an aromatic ring is 1. The van der Waals surface area contributed by atoms with Crippen molar-refractivity contribution in [3.63, 3.8) is 0 Å². The Hall–Kier alpha value is -3.04. The third-order valence-electron chi connectivity index (χ3n) is 6.11. The number of aliphatic imine (C=N–C) groups is 1. The van der Waals surface area contributed by atoms with Gasteiger partial charge in [-0.1, -0.05) is 19.9 Å². The summed E-state index contributed by atoms with van der Waals surface area (Å²) in [5.41, 5.74) is 9.48. The zero-order valence-corrected chi connectivity index (χ0v) is 20.1. The predicted octanol–water partition coefficient (Wildman–Crippen LogP) is 4.99. The second-order valence-corrected chi connectivity index (χ2v) is 12.5. The molecule has 33 heavy (non-hydrogen) atoms. The highest BCUT2D eigenvalue weighted by Crippen LogP contribution is 2.49. The Morgan fingerprint density at radius 1 is 1.27 bits per heavy atom. The van der Waals surface area contributed by atoms with Crippen molar-refractivity contribution in [3.05, 3.63) is 52.5 Å². The number of benzene rings is 1. The molecule has 0 radical (unpaired) electrons. The molecule has 2 aliphatic rings. The van der Waals surface area contributed by atoms with E-state index in [1.54, 1.807) is 25.7 Å². The Balaban J connectivity index is 1.96. The van der Waals surface area contributed by atoms with E-state index in [4.69, 9.17) is 15.5 Å². The van der Waals surface area contributed by atoms with Gasteiger partial charge in [0.15, 0.2) is 11.6 Å². The maximum Gasteiger partial charge on any atom is 0.188 e. The molecule has 2 bridgehead atoms. The van der Waals surface area contributed by atoms with Gasteiger partial charge in [-0.05, 0) is 42.8 Å². The standard InChI is InChI=1S/C24H27FN5O2P/c1-13(2)19-7-16(10-26)23-20-9-22(24(27)30-29-20)32-14(3)18-8-17(25)6-5-15(18)11-33(4,31)12-21(23)28-19/h5-6,8-9,13-14,19H,7,11-12H2,1-4H3,(H2,27,30). The Kier molecular flexibility index (Phi) is 6.11. The first-order valence-electron chi connectivity index (χ1n) is 10.9. The smallest absolute Gasteiger partial charge is 0.188 e. The highest BCUT2D eigenvalue weighted by atomic mass is 31.2. The molecule has 0 amide bonds. The molecular weight excluding hydrogens is 440 g/mol. The van der Waals surface area contributed by atoms with Gasteiger partial charge in [0.25, 0.3) is 0 Å². The highest BCUT2D eigenvalue weighted by Gasteiger charge is 2.33. The van der Waals surface area contributed by atoms with Gasteiger partial charge in [0.2, 0.25) is 0 Å². The first-order chi connectivity index (χ1) is 15.6. The number of nitrogens with two attached hydrogens (primary N) is 1. The van der Waals surface area contributed by atoms with Crippen LogP contribution in [0, 0.1) is 23.1 Å². The zero-order chi connectivity index (χ0) is 23.9. The van der Waals surface area contributed by atoms with Crippen LogP contribution in [0.1, 0.15) is 50.1 Å². The number of ether oxygens (including phenoxy) is 1. The van der Waals surface area contributed by atoms with Crippen molar-refractivity contribution < 1.29 is 13.7 Å². The average Bonchev–Trinajstić information content (AvgIpc) is 2.74. The number of aromatic nitrogens is 2. The lowest BCUT2D eigenvalue weighted by atomic mass is 9.88. The molecule has 1 aromatic carbocycles. The number of halogens is 1. The monoisotopic (exact) mass is 467 g/mol. The summed E-state index contributed by atoms with van der Waals surface area (Å²) in [5.74, 6) is 0.193. The van der Waals surface area contributed by atoms with Gasteiger partial charge in [0.1, 0.15) is 11.9 Å². The lowest BCUT2D eigenvalue weighted by Crippen LogP contribution is -2.26. The number of rotatable bonds is 1. The summed E-state index contributed by atoms with van der Waals surface area (Å²) in [7, 11) is -2.83. The van der Waals surface area contributed by atoms with Gasteiger partial charge in [-0.25, -0.2) is 4.39 Å². The Bertz CT molecular complexity index is 1260. The van der Waals surface area contributed by atoms with Gasteiger partial charge in [-0.2, -0.15) is 5.26 Å². The minimum atomic E-state index is -2.83. The molecule has 2 N–H and O–H groups in total. The molecule has 1 aromatic heterocycles. The fourth-order valence-corrected chi connectivity index (χ4v) is 6.37. The molecule has 0 fully saturated rings. The van der Waals surface area contributed by atoms with Gasteiger partial charge in [0, 0.05) is 36.0 Å². The quantitative estimate of drug-likeness (QED) is 0.591. The molecule has 3 heterocycles. The van der Waals surface area contributed by atoms with E-state index in [1.807, 2.05) is 0 Å². The van der Waals surface area contributed by atoms with Crippen molar-refractivity contribution in [2.45, 2.75) is 45.5 Å². The van der Waals surface area contributed by atoms with Crippen molar-refractivity contribution in [2.24, 2.45) is 10.9 Å². The average molecular weight is 467 g/mol. The van der Waals surface area contributed by atoms with Crippen molar-refractivity contribution in [2.75, 3.05) is 18.6 Å². The molecule has 7 nitrogen and oxygen atoms in total. The van der Waals surface area contributed by atoms with E-state index in [0.29, 0.717) is 34.5 Å². The van der Waals surface area contributed by atoms with E-state index in [-0.39, 0.29) is 35.9 Å². The molecule has 0 aliphatic carbocycles. The van der Waals surface area contributed by atoms with Crippen LogP contribution in [0.3, 0.4) is 0 Å². The van der Waals surface area contributed by atoms with E-state index < -0.39 is 19.1 Å². The normalized spacial score (nSPS) is 25.1. The number of nitrogens with zero attached hydrogens (tertiary/aromatic N) is 4. The van der Waals surface area contributed by atoms with E-state index in [1.165, 1.54) is 12.1 Å². The first kappa shape index (κ1) is 23.1. The van der Waals surface area contributed by atoms with Crippen LogP contribution in [0.2, 0.25) is 0 Å². The van der Waals surface area contributed by atoms with Crippen LogP contribution in [0.5, 0.6) is 5.75 Å². The van der Waals surface area contributed by atoms with Crippen LogP contribution >= 0.6 is 7.14 Å². The van der Waals surface area contributed by atoms with Crippen LogP contribution in [0.4, 0.5) is 10.2 Å². The van der Waals surface area contributed by atoms with Crippen LogP contribution < -0.4 is 10.5 Å². The van der Waals surface area contributed by atoms with Crippen LogP contribution in [-0.2, 0) is 10.7 Å². The summed E-state index contributed by atoms with van der Waals surface area (Å²) in [6.07, 6.45) is 0.362. The second kappa shape index (κ2) is 8.72. The Morgan fingerprint density at radius 3 is 2.73 bits per heavy atom. The molecular formula is C24H27FN5O2P. The predicted molar refractivity (Wildman–Crippen MR) is 127 cm³/mol. The van der Waals surface area contributed by atoms with Crippen molar-refractivity contribution in [1.82, 2.24) is 10.2 Å². The number of nitriles is 1. The summed E-state index contributed by atoms with van der Waals surface area (Å²) >= 11 is 0. The highest BCUT2D eigenvalue weighted by molar-refractivity contribution is 7.63. The second-order valence-electron chi connectivity index (χ2n) is 9.25. The van der Waals surface area contributed by atoms with Gasteiger partial charge in [-0.15, -0.1) is 10.2 Å². The molecule has 3 unspecified atom stereocenters. The lowest BCUT2D eigenvalue weighted by molar-refractivity contribution is 0.225. The third-order valence-corrected chi connectivity index (χ3v) is 8.09. The van der Waals surface area contributed by atoms with E-state index >= 15 is 0 Å². The summed E-state index contributed by atoms with van der Waals surface area (Å²) in [5, 5.41) is 18.2. The van der Waals surface area contributed by atoms with Crippen molar-refractivity contribution in [1.29, 1.82) is 5.26 Å². The third kappa shape index (κ3) is 4.69. The molecule has 2 aliphatic heterocycles. The minimum absolute atomic E-state index is 0.0924. The maximum absolute atomic E-state index is 14.1. The molecule has 0 saturated heterocycles. The number of hydrogen-bond acceptors (Lipinski definition) is 7. The number of allylic oxidation sites excluding steroid dienone is 1. The molecule has 172 valence electrons. The summed E-state index contributed by atoms with van der Waals surface area (Å²) in [6.45, 7) is 7.61. The summed E-state index contributed by atoms with van der Waals surface area (Å²) in [4.78, 5) is 4.92. The fourth-order valence-electron chi connectivity index (χ4n) is 4.38. The van der Waals surface area contributed by atoms with Crippen molar-refractivity contribution >= 4 is 24.2 Å². The van der Waals surface area contributed by atoms with Crippen LogP contribution in [0.15, 0.2) is 34.8 Å². The zero-order valence-electron chi connectivity index (χ0n) is 19.2. The van der Waals surface area contributed by atoms with Gasteiger partial charge in [0.05, 0.1) is 30.7 Å². The first-order valence-corrected chi connectivity index (χ1v) is 13.4. The summed E-state index contributed by atoms with van der Waals surface area (Å²) in [6, 6.07) is 8.28. The SMILES string of the molecule is CC1Oc2cc(nnc2N)C2=C(C#N)CC(C(C)C)N=C2CP(C)(=O)Cc2ccc(F)cc21. The maximum atomic E-state index is 14.1. The van der Waals surface area contributed by atoms with Crippen LogP contribution in [0.25, 0.3) is 5.57 Å². The van der Waals surface area contributed by atoms with Crippen molar-refractivity contribution in [3.8, 4) is 11.8 Å². The topological polar surface area (TPSA) is 114 Å². The number of anilines is 1. The van der Waals surface area contributed by atoms with Crippen LogP contribution in [-0.4, -0.2) is 34.8 Å². The Labute approximate surface area is 193 Å². The molecule has 0 saturated carbocycles. The number of fused-ring (bicyclic) bond motifs is 5. The van der Waals surface area contributed by atoms with Gasteiger partial charge >= 0.3 is 0 Å². The van der Waals surface area contributed by atoms with Gasteiger partial charge < -0.3 is 15.0 Å². The minimum Gasteiger partial charge on any atom is -0.482 e. The molecule has 3 atom stereocenters. The Morgan fingerprint density at radius 2 is 2.03 bits per heavy atom. The van der Waals surface area contributed by atoms with E-state index in [9.17, 15) is 14.2 Å². The molecule has 2 aromatic rings. The fraction of sp³-hybridized carbons (Fsp3) is 0.417. The van der Waals surface area contributed by atoms with E-state index in [2.05, 4.69) is 30.1 Å². The molecule has 9 heteroatoms. The van der Waals surface area contributed by atoms with Gasteiger partial charge in [-0.3, -0.25) is 4.99 Å². The molecule has 0 spiro atoms.